The molecule has 0 aliphatic rings. The van der Waals surface area contributed by atoms with Crippen LogP contribution in [0.5, 0.6) is 0 Å². The van der Waals surface area contributed by atoms with Crippen LogP contribution < -0.4 is 11.1 Å². The molecule has 2 rings (SSSR count). The summed E-state index contributed by atoms with van der Waals surface area (Å²) in [5.74, 6) is 0. The van der Waals surface area contributed by atoms with Crippen molar-refractivity contribution in [2.45, 2.75) is 0 Å². The zero-order chi connectivity index (χ0) is 10.7. The summed E-state index contributed by atoms with van der Waals surface area (Å²) in [7, 11) is 0. The predicted octanol–water partition coefficient (Wildman–Crippen LogP) is 2.34. The summed E-state index contributed by atoms with van der Waals surface area (Å²) in [5.41, 5.74) is 6.77. The predicted molar refractivity (Wildman–Crippen MR) is 61.0 cm³/mol. The normalized spacial score (nSPS) is 9.53. The molecule has 0 amide bonds. The van der Waals surface area contributed by atoms with Crippen LogP contribution in [0.3, 0.4) is 0 Å². The third kappa shape index (κ3) is 2.06. The van der Waals surface area contributed by atoms with Crippen molar-refractivity contribution in [1.29, 1.82) is 5.26 Å². The zero-order valence-corrected chi connectivity index (χ0v) is 8.58. The molecule has 2 aromatic rings. The molecule has 0 aliphatic carbocycles. The summed E-state index contributed by atoms with van der Waals surface area (Å²) in [4.78, 5) is 3.90. The lowest BCUT2D eigenvalue weighted by Crippen LogP contribution is -1.89. The molecule has 0 fully saturated rings. The first kappa shape index (κ1) is 9.49. The number of rotatable bonds is 2. The van der Waals surface area contributed by atoms with Gasteiger partial charge in [0.25, 0.3) is 0 Å². The van der Waals surface area contributed by atoms with Gasteiger partial charge in [0.1, 0.15) is 11.1 Å². The van der Waals surface area contributed by atoms with E-state index in [2.05, 4.69) is 10.3 Å². The Hall–Kier alpha value is -2.06. The number of hydrogen-bond donors (Lipinski definition) is 2. The van der Waals surface area contributed by atoms with Crippen LogP contribution in [0.25, 0.3) is 0 Å². The average Bonchev–Trinajstić information content (AvgIpc) is 2.60. The lowest BCUT2D eigenvalue weighted by molar-refractivity contribution is 1.33. The van der Waals surface area contributed by atoms with E-state index in [4.69, 9.17) is 11.0 Å². The Balaban J connectivity index is 2.29. The minimum atomic E-state index is 0.335. The number of nitrogens with two attached hydrogens (primary N) is 1. The maximum absolute atomic E-state index is 8.81. The monoisotopic (exact) mass is 216 g/mol. The Morgan fingerprint density at radius 2 is 2.07 bits per heavy atom. The van der Waals surface area contributed by atoms with E-state index in [1.54, 1.807) is 0 Å². The molecule has 4 nitrogen and oxygen atoms in total. The van der Waals surface area contributed by atoms with Crippen molar-refractivity contribution in [3.8, 4) is 6.07 Å². The Bertz CT molecular complexity index is 498. The molecule has 3 N–H and O–H groups in total. The molecular formula is C10H8N4S. The minimum Gasteiger partial charge on any atom is -0.375 e. The molecule has 5 heteroatoms. The highest BCUT2D eigenvalue weighted by atomic mass is 32.1. The van der Waals surface area contributed by atoms with Gasteiger partial charge in [0.15, 0.2) is 10.8 Å². The van der Waals surface area contributed by atoms with Gasteiger partial charge < -0.3 is 11.1 Å². The molecule has 1 aromatic carbocycles. The second kappa shape index (κ2) is 3.98. The second-order valence-corrected chi connectivity index (χ2v) is 3.86. The van der Waals surface area contributed by atoms with Crippen molar-refractivity contribution in [2.75, 3.05) is 11.1 Å². The number of nitrogens with zero attached hydrogens (tertiary/aromatic N) is 2. The van der Waals surface area contributed by atoms with E-state index in [9.17, 15) is 0 Å². The number of thiazole rings is 1. The minimum absolute atomic E-state index is 0.335. The van der Waals surface area contributed by atoms with Crippen molar-refractivity contribution in [3.63, 3.8) is 0 Å². The van der Waals surface area contributed by atoms with Gasteiger partial charge in [-0.2, -0.15) is 5.26 Å². The second-order valence-electron chi connectivity index (χ2n) is 2.83. The quantitative estimate of drug-likeness (QED) is 0.808. The molecule has 0 atom stereocenters. The van der Waals surface area contributed by atoms with E-state index in [0.29, 0.717) is 15.8 Å². The van der Waals surface area contributed by atoms with Gasteiger partial charge in [0.05, 0.1) is 0 Å². The summed E-state index contributed by atoms with van der Waals surface area (Å²) < 4.78 is 0. The standard InChI is InChI=1S/C10H8N4S/c11-6-8-9(15-10(12)14-8)13-7-4-2-1-3-5-7/h1-5,13H,(H2,12,14). The van der Waals surface area contributed by atoms with Crippen LogP contribution in [0.15, 0.2) is 30.3 Å². The fourth-order valence-corrected chi connectivity index (χ4v) is 1.85. The van der Waals surface area contributed by atoms with Crippen LogP contribution in [0.4, 0.5) is 15.8 Å². The molecule has 74 valence electrons. The maximum Gasteiger partial charge on any atom is 0.183 e. The number of aromatic nitrogens is 1. The molecular weight excluding hydrogens is 208 g/mol. The van der Waals surface area contributed by atoms with E-state index in [1.165, 1.54) is 11.3 Å². The van der Waals surface area contributed by atoms with Gasteiger partial charge in [-0.15, -0.1) is 0 Å². The molecule has 1 heterocycles. The fourth-order valence-electron chi connectivity index (χ4n) is 1.15. The first-order valence-electron chi connectivity index (χ1n) is 4.28. The smallest absolute Gasteiger partial charge is 0.183 e. The fraction of sp³-hybridized carbons (Fsp3) is 0. The molecule has 0 saturated heterocycles. The van der Waals surface area contributed by atoms with Crippen LogP contribution in [0.2, 0.25) is 0 Å². The topological polar surface area (TPSA) is 74.7 Å². The van der Waals surface area contributed by atoms with Gasteiger partial charge in [-0.3, -0.25) is 0 Å². The first-order valence-corrected chi connectivity index (χ1v) is 5.09. The highest BCUT2D eigenvalue weighted by Gasteiger charge is 2.08. The van der Waals surface area contributed by atoms with Gasteiger partial charge in [-0.1, -0.05) is 29.5 Å². The lowest BCUT2D eigenvalue weighted by atomic mass is 10.3. The summed E-state index contributed by atoms with van der Waals surface area (Å²) >= 11 is 1.27. The van der Waals surface area contributed by atoms with Crippen molar-refractivity contribution in [3.05, 3.63) is 36.0 Å². The van der Waals surface area contributed by atoms with Crippen LogP contribution in [-0.4, -0.2) is 4.98 Å². The van der Waals surface area contributed by atoms with Gasteiger partial charge >= 0.3 is 0 Å². The Morgan fingerprint density at radius 1 is 1.33 bits per heavy atom. The summed E-state index contributed by atoms with van der Waals surface area (Å²) in [5, 5.41) is 13.0. The zero-order valence-electron chi connectivity index (χ0n) is 7.77. The van der Waals surface area contributed by atoms with E-state index in [1.807, 2.05) is 36.4 Å². The molecule has 1 aromatic heterocycles. The molecule has 0 aliphatic heterocycles. The Kier molecular flexibility index (Phi) is 2.52. The van der Waals surface area contributed by atoms with Gasteiger partial charge in [-0.05, 0) is 12.1 Å². The maximum atomic E-state index is 8.81. The van der Waals surface area contributed by atoms with E-state index in [0.717, 1.165) is 5.69 Å². The Labute approximate surface area is 91.0 Å². The molecule has 0 bridgehead atoms. The molecule has 0 unspecified atom stereocenters. The van der Waals surface area contributed by atoms with Crippen molar-refractivity contribution >= 4 is 27.2 Å². The third-order valence-electron chi connectivity index (χ3n) is 1.78. The van der Waals surface area contributed by atoms with E-state index < -0.39 is 0 Å². The van der Waals surface area contributed by atoms with E-state index >= 15 is 0 Å². The number of nitrogens with one attached hydrogen (secondary N) is 1. The molecule has 15 heavy (non-hydrogen) atoms. The van der Waals surface area contributed by atoms with Crippen LogP contribution in [-0.2, 0) is 0 Å². The number of benzene rings is 1. The highest BCUT2D eigenvalue weighted by molar-refractivity contribution is 7.19. The number of nitrogen functional groups attached to an aromatic ring is 1. The largest absolute Gasteiger partial charge is 0.375 e. The van der Waals surface area contributed by atoms with Crippen molar-refractivity contribution in [2.24, 2.45) is 0 Å². The van der Waals surface area contributed by atoms with E-state index in [-0.39, 0.29) is 0 Å². The van der Waals surface area contributed by atoms with Gasteiger partial charge in [0.2, 0.25) is 0 Å². The SMILES string of the molecule is N#Cc1nc(N)sc1Nc1ccccc1. The Morgan fingerprint density at radius 3 is 2.73 bits per heavy atom. The van der Waals surface area contributed by atoms with Crippen LogP contribution in [0.1, 0.15) is 5.69 Å². The van der Waals surface area contributed by atoms with Crippen molar-refractivity contribution < 1.29 is 0 Å². The number of para-hydroxylation sites is 1. The lowest BCUT2D eigenvalue weighted by Gasteiger charge is -2.01. The number of hydrogen-bond acceptors (Lipinski definition) is 5. The van der Waals surface area contributed by atoms with Crippen LogP contribution >= 0.6 is 11.3 Å². The van der Waals surface area contributed by atoms with Gasteiger partial charge in [-0.25, -0.2) is 4.98 Å². The number of nitriles is 1. The van der Waals surface area contributed by atoms with Crippen LogP contribution in [0, 0.1) is 11.3 Å². The molecule has 0 saturated carbocycles. The summed E-state index contributed by atoms with van der Waals surface area (Å²) in [6, 6.07) is 11.6. The van der Waals surface area contributed by atoms with Gasteiger partial charge in [0, 0.05) is 5.69 Å². The molecule has 0 radical (unpaired) electrons. The summed E-state index contributed by atoms with van der Waals surface area (Å²) in [6.45, 7) is 0. The highest BCUT2D eigenvalue weighted by Crippen LogP contribution is 2.28. The number of anilines is 3. The average molecular weight is 216 g/mol. The van der Waals surface area contributed by atoms with Crippen molar-refractivity contribution in [1.82, 2.24) is 4.98 Å². The third-order valence-corrected chi connectivity index (χ3v) is 2.58. The summed E-state index contributed by atoms with van der Waals surface area (Å²) in [6.07, 6.45) is 0. The first-order chi connectivity index (χ1) is 7.29. The molecule has 0 spiro atoms.